The van der Waals surface area contributed by atoms with Gasteiger partial charge in [0, 0.05) is 32.7 Å². The minimum Gasteiger partial charge on any atom is -0.397 e. The normalized spacial score (nSPS) is 18.1. The second-order valence-corrected chi connectivity index (χ2v) is 7.77. The lowest BCUT2D eigenvalue weighted by molar-refractivity contribution is 0.0827. The highest BCUT2D eigenvalue weighted by Crippen LogP contribution is 2.26. The van der Waals surface area contributed by atoms with Crippen molar-refractivity contribution in [1.82, 2.24) is 4.90 Å². The maximum atomic E-state index is 11.9. The van der Waals surface area contributed by atoms with Crippen molar-refractivity contribution in [2.24, 2.45) is 0 Å². The van der Waals surface area contributed by atoms with Gasteiger partial charge in [0.2, 0.25) is 0 Å². The van der Waals surface area contributed by atoms with Crippen LogP contribution in [0, 0.1) is 0 Å². The molecule has 6 nitrogen and oxygen atoms in total. The number of sulfone groups is 1. The molecule has 7 heteroatoms. The van der Waals surface area contributed by atoms with E-state index >= 15 is 0 Å². The van der Waals surface area contributed by atoms with Gasteiger partial charge < -0.3 is 15.5 Å². The number of hydrogen-bond donors (Lipinski definition) is 1. The van der Waals surface area contributed by atoms with Crippen LogP contribution in [0.2, 0.25) is 0 Å². The predicted octanol–water partition coefficient (Wildman–Crippen LogP) is 0.596. The van der Waals surface area contributed by atoms with Crippen LogP contribution in [0.1, 0.15) is 16.8 Å². The maximum Gasteiger partial charge on any atom is 0.253 e. The molecule has 116 valence electrons. The third-order valence-electron chi connectivity index (χ3n) is 3.58. The van der Waals surface area contributed by atoms with Gasteiger partial charge in [-0.25, -0.2) is 8.42 Å². The minimum atomic E-state index is -2.95. The number of rotatable bonds is 2. The number of carbonyl (C=O) groups is 1. The number of amides is 1. The van der Waals surface area contributed by atoms with E-state index in [-0.39, 0.29) is 17.4 Å². The fourth-order valence-corrected chi connectivity index (χ4v) is 3.68. The standard InChI is InChI=1S/C14H21N3O3S/c1-16(2)14(18)11-4-5-13(12(15)10-11)17-6-3-8-21(19,20)9-7-17/h4-5,10H,3,6-9,15H2,1-2H3. The number of nitrogen functional groups attached to an aromatic ring is 1. The smallest absolute Gasteiger partial charge is 0.253 e. The lowest BCUT2D eigenvalue weighted by Gasteiger charge is -2.24. The molecular formula is C14H21N3O3S. The second-order valence-electron chi connectivity index (χ2n) is 5.47. The summed E-state index contributed by atoms with van der Waals surface area (Å²) < 4.78 is 23.3. The average Bonchev–Trinajstić information content (AvgIpc) is 2.58. The Bertz CT molecular complexity index is 641. The topological polar surface area (TPSA) is 83.7 Å². The minimum absolute atomic E-state index is 0.105. The van der Waals surface area contributed by atoms with Gasteiger partial charge in [-0.05, 0) is 24.6 Å². The molecule has 2 rings (SSSR count). The molecule has 0 aromatic heterocycles. The molecule has 0 radical (unpaired) electrons. The molecule has 0 saturated carbocycles. The van der Waals surface area contributed by atoms with Crippen molar-refractivity contribution in [2.75, 3.05) is 49.3 Å². The monoisotopic (exact) mass is 311 g/mol. The average molecular weight is 311 g/mol. The number of benzene rings is 1. The van der Waals surface area contributed by atoms with Gasteiger partial charge >= 0.3 is 0 Å². The maximum absolute atomic E-state index is 11.9. The number of nitrogens with zero attached hydrogens (tertiary/aromatic N) is 2. The summed E-state index contributed by atoms with van der Waals surface area (Å²) in [6.45, 7) is 1.10. The fourth-order valence-electron chi connectivity index (χ4n) is 2.41. The molecule has 0 atom stereocenters. The molecule has 1 aromatic rings. The Balaban J connectivity index is 2.23. The van der Waals surface area contributed by atoms with Crippen molar-refractivity contribution in [3.05, 3.63) is 23.8 Å². The van der Waals surface area contributed by atoms with E-state index in [0.717, 1.165) is 5.69 Å². The van der Waals surface area contributed by atoms with Gasteiger partial charge in [0.05, 0.1) is 22.9 Å². The van der Waals surface area contributed by atoms with Gasteiger partial charge in [-0.2, -0.15) is 0 Å². The highest BCUT2D eigenvalue weighted by atomic mass is 32.2. The zero-order chi connectivity index (χ0) is 15.6. The molecule has 1 heterocycles. The molecule has 0 aliphatic carbocycles. The van der Waals surface area contributed by atoms with E-state index < -0.39 is 9.84 Å². The van der Waals surface area contributed by atoms with E-state index in [4.69, 9.17) is 5.73 Å². The SMILES string of the molecule is CN(C)C(=O)c1ccc(N2CCCS(=O)(=O)CC2)c(N)c1. The summed E-state index contributed by atoms with van der Waals surface area (Å²) in [5.41, 5.74) is 7.87. The molecule has 0 spiro atoms. The summed E-state index contributed by atoms with van der Waals surface area (Å²) in [4.78, 5) is 15.4. The number of hydrogen-bond acceptors (Lipinski definition) is 5. The van der Waals surface area contributed by atoms with Gasteiger partial charge in [0.1, 0.15) is 0 Å². The van der Waals surface area contributed by atoms with Crippen LogP contribution in [0.3, 0.4) is 0 Å². The lowest BCUT2D eigenvalue weighted by Crippen LogP contribution is -2.28. The van der Waals surface area contributed by atoms with Gasteiger partial charge in [-0.1, -0.05) is 0 Å². The Morgan fingerprint density at radius 2 is 1.95 bits per heavy atom. The molecule has 1 fully saturated rings. The number of nitrogens with two attached hydrogens (primary N) is 1. The Labute approximate surface area is 125 Å². The van der Waals surface area contributed by atoms with E-state index in [9.17, 15) is 13.2 Å². The molecule has 0 bridgehead atoms. The quantitative estimate of drug-likeness (QED) is 0.808. The molecule has 0 unspecified atom stereocenters. The zero-order valence-electron chi connectivity index (χ0n) is 12.4. The van der Waals surface area contributed by atoms with Crippen LogP contribution >= 0.6 is 0 Å². The molecule has 1 saturated heterocycles. The van der Waals surface area contributed by atoms with E-state index in [1.807, 2.05) is 4.90 Å². The van der Waals surface area contributed by atoms with Crippen LogP contribution in [0.5, 0.6) is 0 Å². The predicted molar refractivity (Wildman–Crippen MR) is 84.4 cm³/mol. The van der Waals surface area contributed by atoms with Crippen molar-refractivity contribution in [2.45, 2.75) is 6.42 Å². The van der Waals surface area contributed by atoms with Crippen LogP contribution in [-0.4, -0.2) is 57.9 Å². The molecule has 1 aliphatic rings. The Morgan fingerprint density at radius 3 is 2.57 bits per heavy atom. The van der Waals surface area contributed by atoms with Gasteiger partial charge in [0.15, 0.2) is 9.84 Å². The van der Waals surface area contributed by atoms with Crippen molar-refractivity contribution < 1.29 is 13.2 Å². The summed E-state index contributed by atoms with van der Waals surface area (Å²) in [6.07, 6.45) is 0.597. The second kappa shape index (κ2) is 5.93. The van der Waals surface area contributed by atoms with Crippen LogP contribution in [-0.2, 0) is 9.84 Å². The van der Waals surface area contributed by atoms with Gasteiger partial charge in [-0.15, -0.1) is 0 Å². The molecular weight excluding hydrogens is 290 g/mol. The van der Waals surface area contributed by atoms with E-state index in [1.165, 1.54) is 4.90 Å². The van der Waals surface area contributed by atoms with E-state index in [0.29, 0.717) is 30.8 Å². The zero-order valence-corrected chi connectivity index (χ0v) is 13.2. The Hall–Kier alpha value is -1.76. The van der Waals surface area contributed by atoms with Crippen LogP contribution in [0.4, 0.5) is 11.4 Å². The van der Waals surface area contributed by atoms with Gasteiger partial charge in [-0.3, -0.25) is 4.79 Å². The molecule has 1 amide bonds. The first kappa shape index (κ1) is 15.6. The van der Waals surface area contributed by atoms with E-state index in [2.05, 4.69) is 0 Å². The van der Waals surface area contributed by atoms with E-state index in [1.54, 1.807) is 32.3 Å². The lowest BCUT2D eigenvalue weighted by atomic mass is 10.1. The van der Waals surface area contributed by atoms with Crippen LogP contribution < -0.4 is 10.6 Å². The number of carbonyl (C=O) groups excluding carboxylic acids is 1. The van der Waals surface area contributed by atoms with Crippen molar-refractivity contribution in [1.29, 1.82) is 0 Å². The highest BCUT2D eigenvalue weighted by molar-refractivity contribution is 7.91. The summed E-state index contributed by atoms with van der Waals surface area (Å²) in [5, 5.41) is 0. The van der Waals surface area contributed by atoms with Crippen LogP contribution in [0.15, 0.2) is 18.2 Å². The summed E-state index contributed by atoms with van der Waals surface area (Å²) in [7, 11) is 0.424. The first-order valence-corrected chi connectivity index (χ1v) is 8.69. The fraction of sp³-hybridized carbons (Fsp3) is 0.500. The molecule has 21 heavy (non-hydrogen) atoms. The summed E-state index contributed by atoms with van der Waals surface area (Å²) >= 11 is 0. The number of anilines is 2. The van der Waals surface area contributed by atoms with Gasteiger partial charge in [0.25, 0.3) is 5.91 Å². The Kier molecular flexibility index (Phi) is 4.41. The Morgan fingerprint density at radius 1 is 1.24 bits per heavy atom. The third-order valence-corrected chi connectivity index (χ3v) is 5.29. The highest BCUT2D eigenvalue weighted by Gasteiger charge is 2.21. The van der Waals surface area contributed by atoms with Crippen molar-refractivity contribution >= 4 is 27.1 Å². The summed E-state index contributed by atoms with van der Waals surface area (Å²) in [6, 6.07) is 5.18. The van der Waals surface area contributed by atoms with Crippen molar-refractivity contribution in [3.8, 4) is 0 Å². The first-order chi connectivity index (χ1) is 9.80. The third kappa shape index (κ3) is 3.66. The first-order valence-electron chi connectivity index (χ1n) is 6.87. The van der Waals surface area contributed by atoms with Crippen molar-refractivity contribution in [3.63, 3.8) is 0 Å². The van der Waals surface area contributed by atoms with Crippen LogP contribution in [0.25, 0.3) is 0 Å². The largest absolute Gasteiger partial charge is 0.397 e. The summed E-state index contributed by atoms with van der Waals surface area (Å²) in [5.74, 6) is 0.262. The molecule has 1 aromatic carbocycles. The molecule has 1 aliphatic heterocycles. The molecule has 2 N–H and O–H groups in total.